The van der Waals surface area contributed by atoms with Gasteiger partial charge < -0.3 is 20.4 Å². The van der Waals surface area contributed by atoms with Crippen LogP contribution in [0, 0.1) is 0 Å². The summed E-state index contributed by atoms with van der Waals surface area (Å²) in [5.41, 5.74) is 1.23. The molecule has 6 aliphatic rings. The van der Waals surface area contributed by atoms with E-state index in [2.05, 4.69) is 35.9 Å². The number of hydrogen-bond acceptors (Lipinski definition) is 10. The summed E-state index contributed by atoms with van der Waals surface area (Å²) in [5, 5.41) is 7.21. The maximum atomic E-state index is 14.4. The molecular weight excluding hydrogens is 637 g/mol. The monoisotopic (exact) mass is 668 g/mol. The van der Waals surface area contributed by atoms with Gasteiger partial charge in [0.05, 0.1) is 10.8 Å². The van der Waals surface area contributed by atoms with Crippen molar-refractivity contribution in [3.63, 3.8) is 0 Å². The minimum Gasteiger partial charge on any atom is -0.364 e. The molecule has 8 rings (SSSR count). The first kappa shape index (κ1) is 28.8. The van der Waals surface area contributed by atoms with E-state index in [0.29, 0.717) is 0 Å². The van der Waals surface area contributed by atoms with Crippen molar-refractivity contribution in [2.24, 2.45) is 0 Å². The van der Waals surface area contributed by atoms with E-state index in [1.54, 1.807) is 37.7 Å². The molecule has 6 heterocycles. The van der Waals surface area contributed by atoms with Gasteiger partial charge in [-0.25, -0.2) is 0 Å². The molecule has 6 aliphatic heterocycles. The van der Waals surface area contributed by atoms with E-state index in [-0.39, 0.29) is 36.5 Å². The summed E-state index contributed by atoms with van der Waals surface area (Å²) >= 11 is 19.5. The highest BCUT2D eigenvalue weighted by molar-refractivity contribution is 7.84. The van der Waals surface area contributed by atoms with Crippen molar-refractivity contribution in [1.82, 2.24) is 19.6 Å². The molecule has 0 saturated carbocycles. The molecule has 10 nitrogen and oxygen atoms in total. The highest BCUT2D eigenvalue weighted by atomic mass is 32.1. The van der Waals surface area contributed by atoms with Crippen molar-refractivity contribution in [1.29, 1.82) is 0 Å². The van der Waals surface area contributed by atoms with Crippen molar-refractivity contribution >= 4 is 85.5 Å². The molecule has 0 aromatic heterocycles. The predicted octanol–water partition coefficient (Wildman–Crippen LogP) is 2.32. The van der Waals surface area contributed by atoms with Gasteiger partial charge in [0.1, 0.15) is 12.3 Å². The summed E-state index contributed by atoms with van der Waals surface area (Å²) in [7, 11) is 3.13. The molecule has 230 valence electrons. The molecule has 0 spiro atoms. The number of para-hydroxylation sites is 2. The zero-order chi connectivity index (χ0) is 31.6. The minimum absolute atomic E-state index is 0.108. The van der Waals surface area contributed by atoms with Crippen molar-refractivity contribution in [3.8, 4) is 0 Å². The van der Waals surface area contributed by atoms with Crippen molar-refractivity contribution in [3.05, 3.63) is 59.7 Å². The maximum absolute atomic E-state index is 14.4. The van der Waals surface area contributed by atoms with E-state index in [1.165, 1.54) is 9.80 Å². The molecule has 8 atom stereocenters. The molecular formula is C30H32N6O4S4. The number of nitrogens with zero attached hydrogens (tertiary/aromatic N) is 4. The topological polar surface area (TPSA) is 105 Å². The Kier molecular flexibility index (Phi) is 5.35. The normalized spacial score (nSPS) is 43.3. The molecule has 2 N–H and O–H groups in total. The Labute approximate surface area is 276 Å². The second kappa shape index (κ2) is 8.18. The molecule has 4 amide bonds. The molecule has 0 unspecified atom stereocenters. The molecule has 0 radical (unpaired) electrons. The Balaban J connectivity index is 1.47. The quantitative estimate of drug-likeness (QED) is 0.261. The number of fused-ring (bicyclic) bond motifs is 11. The third-order valence-corrected chi connectivity index (χ3v) is 13.5. The summed E-state index contributed by atoms with van der Waals surface area (Å²) in [6.45, 7) is 3.22. The molecule has 2 aromatic rings. The van der Waals surface area contributed by atoms with Gasteiger partial charge in [-0.1, -0.05) is 36.4 Å². The van der Waals surface area contributed by atoms with E-state index < -0.39 is 42.6 Å². The molecule has 4 fully saturated rings. The van der Waals surface area contributed by atoms with E-state index in [0.717, 1.165) is 22.5 Å². The van der Waals surface area contributed by atoms with Gasteiger partial charge in [-0.05, 0) is 37.1 Å². The highest BCUT2D eigenvalue weighted by Crippen LogP contribution is 2.73. The standard InChI is InChI=1S/C30H32N6O4S4/c1-25(41)21(37)35-19-27(13-29(35,43)23(39)33(25)3,15-9-5-7-11-17(15)31-19)28-14-30(44)24(40)34(4)26(2,42)22(38)36(30)20(28)32-18-12-8-6-10-16(18)28/h5-12,19-20,31-32,41-44H,13-14H2,1-4H3/t19-,20-,25+,26+,27+,28+,29+,30+/m1/s1. The number of anilines is 2. The summed E-state index contributed by atoms with van der Waals surface area (Å²) in [5.74, 6) is -1.46. The van der Waals surface area contributed by atoms with Crippen LogP contribution in [0.3, 0.4) is 0 Å². The number of rotatable bonds is 1. The second-order valence-corrected chi connectivity index (χ2v) is 16.5. The van der Waals surface area contributed by atoms with Gasteiger partial charge in [-0.2, -0.15) is 0 Å². The third kappa shape index (κ3) is 2.77. The summed E-state index contributed by atoms with van der Waals surface area (Å²) < 4.78 is 0. The predicted molar refractivity (Wildman–Crippen MR) is 178 cm³/mol. The minimum atomic E-state index is -1.55. The lowest BCUT2D eigenvalue weighted by Crippen LogP contribution is -2.72. The van der Waals surface area contributed by atoms with Crippen LogP contribution >= 0.6 is 50.5 Å². The van der Waals surface area contributed by atoms with Gasteiger partial charge in [0.2, 0.25) is 0 Å². The third-order valence-electron chi connectivity index (χ3n) is 11.3. The Hall–Kier alpha value is -2.68. The Morgan fingerprint density at radius 3 is 1.32 bits per heavy atom. The number of carbonyl (C=O) groups excluding carboxylic acids is 4. The van der Waals surface area contributed by atoms with Crippen molar-refractivity contribution in [2.75, 3.05) is 24.7 Å². The van der Waals surface area contributed by atoms with Gasteiger partial charge >= 0.3 is 0 Å². The Bertz CT molecular complexity index is 1630. The highest BCUT2D eigenvalue weighted by Gasteiger charge is 2.83. The number of amides is 4. The first-order valence-electron chi connectivity index (χ1n) is 14.4. The Morgan fingerprint density at radius 2 is 0.955 bits per heavy atom. The fourth-order valence-corrected chi connectivity index (χ4v) is 10.7. The van der Waals surface area contributed by atoms with Gasteiger partial charge in [-0.3, -0.25) is 29.0 Å². The van der Waals surface area contributed by atoms with E-state index in [4.69, 9.17) is 25.3 Å². The average molecular weight is 669 g/mol. The van der Waals surface area contributed by atoms with Crippen LogP contribution in [0.2, 0.25) is 0 Å². The SMILES string of the molecule is CN1C(=O)[C@@]2(S)C[C@]3([C@]45C[C@]6(S)C(=O)N(C)[C@@](C)(S)C(=O)N6[C@H]4Nc4ccccc45)c4ccccc4N[C@@H]3N2C(=O)[C@]1(C)S. The fourth-order valence-electron chi connectivity index (χ4n) is 9.05. The lowest BCUT2D eigenvalue weighted by molar-refractivity contribution is -0.163. The molecule has 44 heavy (non-hydrogen) atoms. The average Bonchev–Trinajstić information content (AvgIpc) is 3.64. The van der Waals surface area contributed by atoms with E-state index >= 15 is 0 Å². The molecule has 2 aromatic carbocycles. The zero-order valence-corrected chi connectivity index (χ0v) is 28.0. The van der Waals surface area contributed by atoms with Crippen molar-refractivity contribution < 1.29 is 19.2 Å². The molecule has 0 aliphatic carbocycles. The maximum Gasteiger partial charge on any atom is 0.261 e. The summed E-state index contributed by atoms with van der Waals surface area (Å²) in [6, 6.07) is 15.6. The largest absolute Gasteiger partial charge is 0.364 e. The van der Waals surface area contributed by atoms with E-state index in [9.17, 15) is 19.2 Å². The van der Waals surface area contributed by atoms with E-state index in [1.807, 2.05) is 48.5 Å². The summed E-state index contributed by atoms with van der Waals surface area (Å²) in [6.07, 6.45) is -1.32. The molecule has 4 saturated heterocycles. The van der Waals surface area contributed by atoms with Crippen molar-refractivity contribution in [2.45, 2.75) is 69.3 Å². The first-order chi connectivity index (χ1) is 20.5. The lowest BCUT2D eigenvalue weighted by atomic mass is 9.54. The smallest absolute Gasteiger partial charge is 0.261 e. The molecule has 0 bridgehead atoms. The van der Waals surface area contributed by atoms with Crippen LogP contribution < -0.4 is 10.6 Å². The number of benzene rings is 2. The first-order valence-corrected chi connectivity index (χ1v) is 16.2. The number of hydrogen-bond donors (Lipinski definition) is 6. The van der Waals surface area contributed by atoms with Gasteiger partial charge in [0, 0.05) is 38.3 Å². The van der Waals surface area contributed by atoms with Gasteiger partial charge in [0.15, 0.2) is 19.5 Å². The van der Waals surface area contributed by atoms with Crippen LogP contribution in [0.1, 0.15) is 37.8 Å². The van der Waals surface area contributed by atoms with Crippen LogP contribution in [0.5, 0.6) is 0 Å². The second-order valence-electron chi connectivity index (χ2n) is 13.2. The number of carbonyl (C=O) groups is 4. The fraction of sp³-hybridized carbons (Fsp3) is 0.467. The number of thiol groups is 4. The summed E-state index contributed by atoms with van der Waals surface area (Å²) in [4.78, 5) is 57.3. The van der Waals surface area contributed by atoms with Crippen LogP contribution in [-0.2, 0) is 30.0 Å². The number of piperazine rings is 2. The van der Waals surface area contributed by atoms with Crippen LogP contribution in [-0.4, -0.2) is 89.1 Å². The van der Waals surface area contributed by atoms with Gasteiger partial charge in [0.25, 0.3) is 23.6 Å². The van der Waals surface area contributed by atoms with Crippen LogP contribution in [0.4, 0.5) is 11.4 Å². The number of nitrogens with one attached hydrogen (secondary N) is 2. The Morgan fingerprint density at radius 1 is 0.614 bits per heavy atom. The van der Waals surface area contributed by atoms with Crippen LogP contribution in [0.15, 0.2) is 48.5 Å². The zero-order valence-electron chi connectivity index (χ0n) is 24.4. The lowest BCUT2D eigenvalue weighted by Gasteiger charge is -2.51. The van der Waals surface area contributed by atoms with Crippen LogP contribution in [0.25, 0.3) is 0 Å². The van der Waals surface area contributed by atoms with Gasteiger partial charge in [-0.15, -0.1) is 50.5 Å². The number of likely N-dealkylation sites (N-methyl/N-ethyl adjacent to an activating group) is 2. The molecule has 14 heteroatoms.